The molecule has 0 spiro atoms. The van der Waals surface area contributed by atoms with Gasteiger partial charge in [0.1, 0.15) is 0 Å². The lowest BCUT2D eigenvalue weighted by molar-refractivity contribution is -0.130. The number of rotatable bonds is 3. The Kier molecular flexibility index (Phi) is 4.55. The number of benzene rings is 1. The summed E-state index contributed by atoms with van der Waals surface area (Å²) >= 11 is 0. The van der Waals surface area contributed by atoms with Crippen LogP contribution >= 0.6 is 0 Å². The summed E-state index contributed by atoms with van der Waals surface area (Å²) in [6, 6.07) is 12.1. The normalized spacial score (nSPS) is 14.9. The summed E-state index contributed by atoms with van der Waals surface area (Å²) in [5.74, 6) is 1.09. The Hall–Kier alpha value is -2.43. The monoisotopic (exact) mass is 310 g/mol. The Bertz CT molecular complexity index is 658. The molecule has 0 aliphatic carbocycles. The van der Waals surface area contributed by atoms with Gasteiger partial charge in [-0.15, -0.1) is 5.10 Å². The van der Waals surface area contributed by atoms with E-state index in [4.69, 9.17) is 0 Å². The Morgan fingerprint density at radius 2 is 1.65 bits per heavy atom. The van der Waals surface area contributed by atoms with Crippen LogP contribution in [0, 0.1) is 13.8 Å². The Morgan fingerprint density at radius 3 is 2.26 bits per heavy atom. The zero-order valence-electron chi connectivity index (χ0n) is 13.7. The number of nitrogens with zero attached hydrogens (tertiary/aromatic N) is 4. The van der Waals surface area contributed by atoms with Gasteiger partial charge < -0.3 is 9.80 Å². The topological polar surface area (TPSA) is 49.3 Å². The number of amides is 1. The first-order valence-electron chi connectivity index (χ1n) is 8.00. The molecule has 0 radical (unpaired) electrons. The van der Waals surface area contributed by atoms with Crippen molar-refractivity contribution in [3.05, 3.63) is 53.2 Å². The van der Waals surface area contributed by atoms with Crippen molar-refractivity contribution in [2.75, 3.05) is 31.1 Å². The molecule has 1 aliphatic rings. The second-order valence-corrected chi connectivity index (χ2v) is 6.06. The molecule has 1 aromatic carbocycles. The third-order valence-corrected chi connectivity index (χ3v) is 4.22. The molecule has 5 heteroatoms. The zero-order chi connectivity index (χ0) is 16.2. The fraction of sp³-hybridized carbons (Fsp3) is 0.389. The molecule has 3 rings (SSSR count). The third-order valence-electron chi connectivity index (χ3n) is 4.22. The minimum Gasteiger partial charge on any atom is -0.352 e. The zero-order valence-corrected chi connectivity index (χ0v) is 13.7. The number of carbonyl (C=O) groups excluding carboxylic acids is 1. The van der Waals surface area contributed by atoms with Crippen LogP contribution in [0.2, 0.25) is 0 Å². The largest absolute Gasteiger partial charge is 0.352 e. The highest BCUT2D eigenvalue weighted by molar-refractivity contribution is 5.79. The van der Waals surface area contributed by atoms with Gasteiger partial charge in [0.2, 0.25) is 5.91 Å². The first-order chi connectivity index (χ1) is 11.1. The molecule has 1 saturated heterocycles. The highest BCUT2D eigenvalue weighted by Crippen LogP contribution is 2.14. The van der Waals surface area contributed by atoms with Crippen molar-refractivity contribution in [2.24, 2.45) is 0 Å². The van der Waals surface area contributed by atoms with Crippen LogP contribution in [0.1, 0.15) is 16.8 Å². The average molecular weight is 310 g/mol. The lowest BCUT2D eigenvalue weighted by Crippen LogP contribution is -2.49. The van der Waals surface area contributed by atoms with Gasteiger partial charge in [0, 0.05) is 26.2 Å². The van der Waals surface area contributed by atoms with Gasteiger partial charge in [0.15, 0.2) is 5.82 Å². The molecule has 1 fully saturated rings. The molecule has 0 bridgehead atoms. The molecular weight excluding hydrogens is 288 g/mol. The summed E-state index contributed by atoms with van der Waals surface area (Å²) < 4.78 is 0. The van der Waals surface area contributed by atoms with Gasteiger partial charge in [-0.25, -0.2) is 0 Å². The quantitative estimate of drug-likeness (QED) is 0.870. The van der Waals surface area contributed by atoms with Crippen molar-refractivity contribution in [3.8, 4) is 0 Å². The highest BCUT2D eigenvalue weighted by Gasteiger charge is 2.22. The molecule has 23 heavy (non-hydrogen) atoms. The lowest BCUT2D eigenvalue weighted by atomic mass is 10.1. The van der Waals surface area contributed by atoms with E-state index in [1.54, 1.807) is 0 Å². The van der Waals surface area contributed by atoms with Gasteiger partial charge in [0.25, 0.3) is 0 Å². The van der Waals surface area contributed by atoms with Crippen LogP contribution in [0.25, 0.3) is 0 Å². The molecule has 0 saturated carbocycles. The van der Waals surface area contributed by atoms with E-state index in [0.29, 0.717) is 6.42 Å². The number of carbonyl (C=O) groups is 1. The average Bonchev–Trinajstić information content (AvgIpc) is 2.58. The van der Waals surface area contributed by atoms with Crippen molar-refractivity contribution < 1.29 is 4.79 Å². The minimum atomic E-state index is 0.198. The van der Waals surface area contributed by atoms with Crippen molar-refractivity contribution in [2.45, 2.75) is 20.3 Å². The standard InChI is InChI=1S/C18H22N4O/c1-14-3-6-16(7-4-14)13-18(23)22-11-9-21(10-12-22)17-8-5-15(2)19-20-17/h3-8H,9-13H2,1-2H3. The summed E-state index contributed by atoms with van der Waals surface area (Å²) in [6.07, 6.45) is 0.477. The van der Waals surface area contributed by atoms with Crippen LogP contribution in [0.4, 0.5) is 5.82 Å². The van der Waals surface area contributed by atoms with E-state index in [2.05, 4.69) is 34.2 Å². The molecule has 5 nitrogen and oxygen atoms in total. The maximum absolute atomic E-state index is 12.4. The van der Waals surface area contributed by atoms with E-state index in [0.717, 1.165) is 43.3 Å². The maximum atomic E-state index is 12.4. The van der Waals surface area contributed by atoms with Gasteiger partial charge in [-0.1, -0.05) is 29.8 Å². The van der Waals surface area contributed by atoms with E-state index >= 15 is 0 Å². The number of aryl methyl sites for hydroxylation is 2. The number of aromatic nitrogens is 2. The number of anilines is 1. The van der Waals surface area contributed by atoms with Crippen LogP contribution < -0.4 is 4.90 Å². The summed E-state index contributed by atoms with van der Waals surface area (Å²) in [5.41, 5.74) is 3.21. The Labute approximate surface area is 136 Å². The number of piperazine rings is 1. The molecule has 2 heterocycles. The molecule has 0 unspecified atom stereocenters. The van der Waals surface area contributed by atoms with Crippen LogP contribution in [-0.4, -0.2) is 47.2 Å². The van der Waals surface area contributed by atoms with Gasteiger partial charge in [-0.05, 0) is 31.5 Å². The van der Waals surface area contributed by atoms with E-state index in [9.17, 15) is 4.79 Å². The van der Waals surface area contributed by atoms with Gasteiger partial charge in [-0.3, -0.25) is 4.79 Å². The predicted molar refractivity (Wildman–Crippen MR) is 90.4 cm³/mol. The smallest absolute Gasteiger partial charge is 0.227 e. The van der Waals surface area contributed by atoms with Crippen LogP contribution in [0.3, 0.4) is 0 Å². The number of hydrogen-bond acceptors (Lipinski definition) is 4. The summed E-state index contributed by atoms with van der Waals surface area (Å²) in [7, 11) is 0. The fourth-order valence-corrected chi connectivity index (χ4v) is 2.74. The molecule has 1 amide bonds. The van der Waals surface area contributed by atoms with E-state index in [1.807, 2.05) is 36.1 Å². The first-order valence-corrected chi connectivity index (χ1v) is 8.00. The molecule has 2 aromatic rings. The summed E-state index contributed by atoms with van der Waals surface area (Å²) in [6.45, 7) is 7.06. The fourth-order valence-electron chi connectivity index (χ4n) is 2.74. The Balaban J connectivity index is 1.54. The van der Waals surface area contributed by atoms with Crippen molar-refractivity contribution in [1.82, 2.24) is 15.1 Å². The van der Waals surface area contributed by atoms with Crippen LogP contribution in [0.5, 0.6) is 0 Å². The predicted octanol–water partition coefficient (Wildman–Crippen LogP) is 1.98. The van der Waals surface area contributed by atoms with Crippen LogP contribution in [0.15, 0.2) is 36.4 Å². The molecule has 1 aliphatic heterocycles. The molecule has 120 valence electrons. The highest BCUT2D eigenvalue weighted by atomic mass is 16.2. The summed E-state index contributed by atoms with van der Waals surface area (Å²) in [5, 5.41) is 8.32. The van der Waals surface area contributed by atoms with Crippen LogP contribution in [-0.2, 0) is 11.2 Å². The molecule has 0 N–H and O–H groups in total. The van der Waals surface area contributed by atoms with Gasteiger partial charge in [-0.2, -0.15) is 5.10 Å². The lowest BCUT2D eigenvalue weighted by Gasteiger charge is -2.35. The van der Waals surface area contributed by atoms with E-state index in [1.165, 1.54) is 5.56 Å². The first kappa shape index (κ1) is 15.5. The van der Waals surface area contributed by atoms with Crippen molar-refractivity contribution in [3.63, 3.8) is 0 Å². The Morgan fingerprint density at radius 1 is 0.957 bits per heavy atom. The molecule has 1 aromatic heterocycles. The van der Waals surface area contributed by atoms with Crippen molar-refractivity contribution >= 4 is 11.7 Å². The minimum absolute atomic E-state index is 0.198. The number of hydrogen-bond donors (Lipinski definition) is 0. The maximum Gasteiger partial charge on any atom is 0.227 e. The van der Waals surface area contributed by atoms with E-state index < -0.39 is 0 Å². The van der Waals surface area contributed by atoms with Gasteiger partial charge >= 0.3 is 0 Å². The second kappa shape index (κ2) is 6.77. The molecular formula is C18H22N4O. The third kappa shape index (κ3) is 3.86. The van der Waals surface area contributed by atoms with Crippen molar-refractivity contribution in [1.29, 1.82) is 0 Å². The second-order valence-electron chi connectivity index (χ2n) is 6.06. The van der Waals surface area contributed by atoms with E-state index in [-0.39, 0.29) is 5.91 Å². The van der Waals surface area contributed by atoms with Gasteiger partial charge in [0.05, 0.1) is 12.1 Å². The summed E-state index contributed by atoms with van der Waals surface area (Å²) in [4.78, 5) is 16.5. The SMILES string of the molecule is Cc1ccc(CC(=O)N2CCN(c3ccc(C)nn3)CC2)cc1. The molecule has 0 atom stereocenters.